The second kappa shape index (κ2) is 4.26. The van der Waals surface area contributed by atoms with Crippen LogP contribution < -0.4 is 10.5 Å². The molecule has 86 valence electrons. The molecule has 1 fully saturated rings. The second-order valence-electron chi connectivity index (χ2n) is 4.46. The van der Waals surface area contributed by atoms with Crippen molar-refractivity contribution in [2.45, 2.75) is 32.7 Å². The van der Waals surface area contributed by atoms with Crippen LogP contribution in [0.15, 0.2) is 11.8 Å². The lowest BCUT2D eigenvalue weighted by Gasteiger charge is -2.25. The van der Waals surface area contributed by atoms with Gasteiger partial charge in [0.2, 0.25) is 0 Å². The molecule has 1 aliphatic carbocycles. The van der Waals surface area contributed by atoms with Crippen LogP contribution in [0.25, 0.3) is 6.08 Å². The van der Waals surface area contributed by atoms with Crippen LogP contribution in [0.5, 0.6) is 5.75 Å². The van der Waals surface area contributed by atoms with Crippen LogP contribution in [0.4, 0.5) is 0 Å². The lowest BCUT2D eigenvalue weighted by molar-refractivity contribution is 0.407. The first-order valence-corrected chi connectivity index (χ1v) is 5.57. The van der Waals surface area contributed by atoms with Gasteiger partial charge < -0.3 is 10.5 Å². The molecule has 1 saturated carbocycles. The number of pyridine rings is 1. The Balaban J connectivity index is 2.32. The number of ether oxygens (including phenoxy) is 1. The summed E-state index contributed by atoms with van der Waals surface area (Å²) in [7, 11) is 1.70. The van der Waals surface area contributed by atoms with E-state index in [2.05, 4.69) is 11.1 Å². The summed E-state index contributed by atoms with van der Waals surface area (Å²) in [5, 5.41) is 0. The van der Waals surface area contributed by atoms with E-state index in [9.17, 15) is 0 Å². The Morgan fingerprint density at radius 2 is 2.12 bits per heavy atom. The topological polar surface area (TPSA) is 48.1 Å². The molecule has 0 atom stereocenters. The SMILES string of the molecule is COc1c(C)cnc(C=C2CC(N)C2)c1C. The maximum absolute atomic E-state index is 5.75. The first-order valence-electron chi connectivity index (χ1n) is 5.57. The smallest absolute Gasteiger partial charge is 0.128 e. The van der Waals surface area contributed by atoms with Crippen molar-refractivity contribution < 1.29 is 4.74 Å². The van der Waals surface area contributed by atoms with Gasteiger partial charge >= 0.3 is 0 Å². The van der Waals surface area contributed by atoms with Gasteiger partial charge in [-0.3, -0.25) is 4.98 Å². The molecule has 16 heavy (non-hydrogen) atoms. The monoisotopic (exact) mass is 218 g/mol. The normalized spacial score (nSPS) is 19.2. The Labute approximate surface area is 96.3 Å². The lowest BCUT2D eigenvalue weighted by Crippen LogP contribution is -2.30. The summed E-state index contributed by atoms with van der Waals surface area (Å²) in [6, 6.07) is 0.346. The van der Waals surface area contributed by atoms with E-state index in [4.69, 9.17) is 10.5 Å². The highest BCUT2D eigenvalue weighted by atomic mass is 16.5. The summed E-state index contributed by atoms with van der Waals surface area (Å²) in [5.41, 5.74) is 10.3. The van der Waals surface area contributed by atoms with Crippen molar-refractivity contribution >= 4 is 6.08 Å². The van der Waals surface area contributed by atoms with Crippen LogP contribution in [-0.4, -0.2) is 18.1 Å². The molecule has 0 bridgehead atoms. The van der Waals surface area contributed by atoms with Crippen molar-refractivity contribution in [2.24, 2.45) is 5.73 Å². The number of hydrogen-bond acceptors (Lipinski definition) is 3. The zero-order chi connectivity index (χ0) is 11.7. The van der Waals surface area contributed by atoms with Crippen LogP contribution in [0.3, 0.4) is 0 Å². The molecule has 1 heterocycles. The highest BCUT2D eigenvalue weighted by Crippen LogP contribution is 2.30. The predicted octanol–water partition coefficient (Wildman–Crippen LogP) is 2.21. The third-order valence-corrected chi connectivity index (χ3v) is 3.07. The number of aromatic nitrogens is 1. The van der Waals surface area contributed by atoms with Crippen molar-refractivity contribution in [2.75, 3.05) is 7.11 Å². The Hall–Kier alpha value is -1.35. The van der Waals surface area contributed by atoms with Crippen LogP contribution in [0.1, 0.15) is 29.7 Å². The van der Waals surface area contributed by atoms with Crippen LogP contribution in [0.2, 0.25) is 0 Å². The summed E-state index contributed by atoms with van der Waals surface area (Å²) in [6.07, 6.45) is 5.99. The van der Waals surface area contributed by atoms with Gasteiger partial charge in [0.15, 0.2) is 0 Å². The van der Waals surface area contributed by atoms with E-state index in [-0.39, 0.29) is 0 Å². The number of aryl methyl sites for hydroxylation is 1. The standard InChI is InChI=1S/C13H18N2O/c1-8-7-15-12(9(2)13(8)16-3)6-10-4-11(14)5-10/h6-7,11H,4-5,14H2,1-3H3. The van der Waals surface area contributed by atoms with Crippen LogP contribution >= 0.6 is 0 Å². The molecule has 0 radical (unpaired) electrons. The van der Waals surface area contributed by atoms with Gasteiger partial charge in [-0.1, -0.05) is 5.57 Å². The van der Waals surface area contributed by atoms with Crippen molar-refractivity contribution in [3.05, 3.63) is 28.6 Å². The molecular weight excluding hydrogens is 200 g/mol. The molecule has 3 nitrogen and oxygen atoms in total. The molecule has 2 rings (SSSR count). The van der Waals surface area contributed by atoms with Gasteiger partial charge in [-0.2, -0.15) is 0 Å². The first-order chi connectivity index (χ1) is 7.61. The highest BCUT2D eigenvalue weighted by Gasteiger charge is 2.19. The number of rotatable bonds is 2. The number of nitrogens with two attached hydrogens (primary N) is 1. The van der Waals surface area contributed by atoms with Crippen molar-refractivity contribution in [1.82, 2.24) is 4.98 Å². The Morgan fingerprint density at radius 1 is 1.44 bits per heavy atom. The summed E-state index contributed by atoms with van der Waals surface area (Å²) in [5.74, 6) is 0.936. The van der Waals surface area contributed by atoms with Gasteiger partial charge in [0.1, 0.15) is 5.75 Å². The minimum absolute atomic E-state index is 0.346. The average Bonchev–Trinajstić information content (AvgIpc) is 2.20. The molecule has 0 amide bonds. The van der Waals surface area contributed by atoms with E-state index < -0.39 is 0 Å². The Kier molecular flexibility index (Phi) is 2.97. The van der Waals surface area contributed by atoms with E-state index in [1.54, 1.807) is 7.11 Å². The zero-order valence-electron chi connectivity index (χ0n) is 10.1. The summed E-state index contributed by atoms with van der Waals surface area (Å²) in [4.78, 5) is 4.44. The summed E-state index contributed by atoms with van der Waals surface area (Å²) < 4.78 is 5.38. The third kappa shape index (κ3) is 1.95. The molecule has 1 aliphatic rings. The molecule has 0 spiro atoms. The molecule has 0 unspecified atom stereocenters. The van der Waals surface area contributed by atoms with Gasteiger partial charge in [0.05, 0.1) is 12.8 Å². The van der Waals surface area contributed by atoms with E-state index in [0.717, 1.165) is 35.4 Å². The molecular formula is C13H18N2O. The van der Waals surface area contributed by atoms with Gasteiger partial charge in [-0.25, -0.2) is 0 Å². The van der Waals surface area contributed by atoms with Gasteiger partial charge in [-0.15, -0.1) is 0 Å². The van der Waals surface area contributed by atoms with Crippen molar-refractivity contribution in [1.29, 1.82) is 0 Å². The largest absolute Gasteiger partial charge is 0.496 e. The lowest BCUT2D eigenvalue weighted by atomic mass is 9.86. The van der Waals surface area contributed by atoms with Crippen LogP contribution in [-0.2, 0) is 0 Å². The molecule has 0 aliphatic heterocycles. The quantitative estimate of drug-likeness (QED) is 0.828. The fraction of sp³-hybridized carbons (Fsp3) is 0.462. The number of nitrogens with zero attached hydrogens (tertiary/aromatic N) is 1. The summed E-state index contributed by atoms with van der Waals surface area (Å²) in [6.45, 7) is 4.05. The van der Waals surface area contributed by atoms with E-state index in [0.29, 0.717) is 6.04 Å². The second-order valence-corrected chi connectivity index (χ2v) is 4.46. The van der Waals surface area contributed by atoms with Crippen LogP contribution in [0, 0.1) is 13.8 Å². The van der Waals surface area contributed by atoms with Crippen molar-refractivity contribution in [3.63, 3.8) is 0 Å². The summed E-state index contributed by atoms with van der Waals surface area (Å²) >= 11 is 0. The number of hydrogen-bond donors (Lipinski definition) is 1. The van der Waals surface area contributed by atoms with Gasteiger partial charge in [-0.05, 0) is 32.8 Å². The maximum Gasteiger partial charge on any atom is 0.128 e. The van der Waals surface area contributed by atoms with E-state index in [1.807, 2.05) is 20.0 Å². The maximum atomic E-state index is 5.75. The van der Waals surface area contributed by atoms with Crippen molar-refractivity contribution in [3.8, 4) is 5.75 Å². The zero-order valence-corrected chi connectivity index (χ0v) is 10.1. The molecule has 1 aromatic heterocycles. The Morgan fingerprint density at radius 3 is 2.69 bits per heavy atom. The molecule has 3 heteroatoms. The number of methoxy groups -OCH3 is 1. The van der Waals surface area contributed by atoms with E-state index in [1.165, 1.54) is 5.57 Å². The average molecular weight is 218 g/mol. The third-order valence-electron chi connectivity index (χ3n) is 3.07. The minimum Gasteiger partial charge on any atom is -0.496 e. The fourth-order valence-electron chi connectivity index (χ4n) is 2.12. The first kappa shape index (κ1) is 11.1. The van der Waals surface area contributed by atoms with Gasteiger partial charge in [0, 0.05) is 23.4 Å². The molecule has 0 aromatic carbocycles. The fourth-order valence-corrected chi connectivity index (χ4v) is 2.12. The molecule has 2 N–H and O–H groups in total. The minimum atomic E-state index is 0.346. The predicted molar refractivity (Wildman–Crippen MR) is 65.4 cm³/mol. The van der Waals surface area contributed by atoms with Gasteiger partial charge in [0.25, 0.3) is 0 Å². The Bertz CT molecular complexity index is 430. The highest BCUT2D eigenvalue weighted by molar-refractivity contribution is 5.58. The van der Waals surface area contributed by atoms with E-state index >= 15 is 0 Å². The molecule has 0 saturated heterocycles. The molecule has 1 aromatic rings.